The zero-order valence-electron chi connectivity index (χ0n) is 20.9. The molecule has 1 saturated heterocycles. The molecule has 2 aliphatic rings. The number of benzene rings is 1. The Hall–Kier alpha value is -3.36. The quantitative estimate of drug-likeness (QED) is 0.360. The molecule has 3 heterocycles. The summed E-state index contributed by atoms with van der Waals surface area (Å²) in [4.78, 5) is 35.5. The number of hydrogen-bond acceptors (Lipinski definition) is 7. The van der Waals surface area contributed by atoms with Crippen molar-refractivity contribution in [2.45, 2.75) is 70.8 Å². The number of aryl methyl sites for hydroxylation is 3. The lowest BCUT2D eigenvalue weighted by molar-refractivity contribution is -0.185. The van der Waals surface area contributed by atoms with Gasteiger partial charge in [0.25, 0.3) is 5.78 Å². The lowest BCUT2D eigenvalue weighted by atomic mass is 9.73. The van der Waals surface area contributed by atoms with Gasteiger partial charge < -0.3 is 9.47 Å². The van der Waals surface area contributed by atoms with Crippen LogP contribution in [-0.4, -0.2) is 44.0 Å². The van der Waals surface area contributed by atoms with E-state index in [2.05, 4.69) is 15.1 Å². The number of Topliss-reactive ketones (excluding diaryl/α,β-unsaturated/α-hetero) is 1. The van der Waals surface area contributed by atoms with Crippen LogP contribution in [0.2, 0.25) is 0 Å². The van der Waals surface area contributed by atoms with E-state index in [4.69, 9.17) is 9.47 Å². The first-order valence-corrected chi connectivity index (χ1v) is 12.6. The number of halogens is 1. The first kappa shape index (κ1) is 24.3. The number of carbonyl (C=O) groups is 2. The van der Waals surface area contributed by atoms with Crippen LogP contribution in [0.15, 0.2) is 24.3 Å². The number of ether oxygens (including phenoxy) is 2. The van der Waals surface area contributed by atoms with Crippen LogP contribution in [-0.2, 0) is 27.2 Å². The van der Waals surface area contributed by atoms with Gasteiger partial charge in [-0.05, 0) is 63.1 Å². The number of aromatic nitrogens is 4. The lowest BCUT2D eigenvalue weighted by Gasteiger charge is -2.43. The molecule has 1 aliphatic heterocycles. The molecular formula is C27H31FN4O4. The maximum absolute atomic E-state index is 14.6. The smallest absolute Gasteiger partial charge is 0.317 e. The van der Waals surface area contributed by atoms with Gasteiger partial charge in [-0.1, -0.05) is 18.9 Å². The highest BCUT2D eigenvalue weighted by atomic mass is 19.1. The fourth-order valence-corrected chi connectivity index (χ4v) is 5.76. The van der Waals surface area contributed by atoms with E-state index in [1.807, 2.05) is 19.9 Å². The topological polar surface area (TPSA) is 95.7 Å². The van der Waals surface area contributed by atoms with Crippen LogP contribution < -0.4 is 4.74 Å². The van der Waals surface area contributed by atoms with Gasteiger partial charge in [-0.3, -0.25) is 9.59 Å². The highest BCUT2D eigenvalue weighted by Crippen LogP contribution is 2.45. The molecule has 0 amide bonds. The summed E-state index contributed by atoms with van der Waals surface area (Å²) in [7, 11) is 1.49. The number of fused-ring (bicyclic) bond motifs is 1. The van der Waals surface area contributed by atoms with Crippen molar-refractivity contribution in [1.29, 1.82) is 0 Å². The number of rotatable bonds is 7. The molecule has 2 aromatic heterocycles. The first-order valence-electron chi connectivity index (χ1n) is 12.6. The molecule has 3 aromatic rings. The molecular weight excluding hydrogens is 463 g/mol. The molecule has 2 unspecified atom stereocenters. The monoisotopic (exact) mass is 494 g/mol. The number of nitrogens with zero attached hydrogens (tertiary/aromatic N) is 4. The average Bonchev–Trinajstić information content (AvgIpc) is 3.51. The second-order valence-corrected chi connectivity index (χ2v) is 10.1. The van der Waals surface area contributed by atoms with Crippen molar-refractivity contribution in [3.05, 3.63) is 52.9 Å². The van der Waals surface area contributed by atoms with Crippen LogP contribution in [0.4, 0.5) is 4.39 Å². The van der Waals surface area contributed by atoms with E-state index in [0.29, 0.717) is 35.8 Å². The highest BCUT2D eigenvalue weighted by Gasteiger charge is 2.51. The van der Waals surface area contributed by atoms with E-state index < -0.39 is 17.5 Å². The van der Waals surface area contributed by atoms with E-state index in [1.54, 1.807) is 16.6 Å². The molecule has 1 saturated carbocycles. The van der Waals surface area contributed by atoms with E-state index in [0.717, 1.165) is 37.1 Å². The zero-order valence-corrected chi connectivity index (χ0v) is 20.9. The lowest BCUT2D eigenvalue weighted by Crippen LogP contribution is -2.52. The highest BCUT2D eigenvalue weighted by molar-refractivity contribution is 6.01. The molecule has 2 atom stereocenters. The van der Waals surface area contributed by atoms with Crippen molar-refractivity contribution in [2.24, 2.45) is 11.8 Å². The summed E-state index contributed by atoms with van der Waals surface area (Å²) in [6.45, 7) is 3.78. The minimum absolute atomic E-state index is 0.0768. The second-order valence-electron chi connectivity index (χ2n) is 10.1. The van der Waals surface area contributed by atoms with E-state index in [-0.39, 0.29) is 30.4 Å². The third-order valence-electron chi connectivity index (χ3n) is 7.68. The van der Waals surface area contributed by atoms with Crippen molar-refractivity contribution in [2.75, 3.05) is 7.11 Å². The van der Waals surface area contributed by atoms with Gasteiger partial charge in [-0.15, -0.1) is 5.10 Å². The van der Waals surface area contributed by atoms with Crippen molar-refractivity contribution in [3.63, 3.8) is 0 Å². The average molecular weight is 495 g/mol. The van der Waals surface area contributed by atoms with Crippen LogP contribution in [0, 0.1) is 31.5 Å². The fraction of sp³-hybridized carbons (Fsp3) is 0.519. The molecule has 36 heavy (non-hydrogen) atoms. The zero-order chi connectivity index (χ0) is 25.4. The SMILES string of the molecule is COc1ccc(CCC2(C3CCCC3)CC(=O)C(Cc3nc4nc(C)cc(C)n4n3)C(=O)O2)c(F)c1. The predicted molar refractivity (Wildman–Crippen MR) is 129 cm³/mol. The minimum atomic E-state index is -0.948. The van der Waals surface area contributed by atoms with Crippen LogP contribution in [0.25, 0.3) is 5.78 Å². The summed E-state index contributed by atoms with van der Waals surface area (Å²) in [5.41, 5.74) is 1.31. The number of esters is 1. The van der Waals surface area contributed by atoms with Gasteiger partial charge in [0.15, 0.2) is 11.6 Å². The molecule has 0 N–H and O–H groups in total. The summed E-state index contributed by atoms with van der Waals surface area (Å²) in [6, 6.07) is 6.66. The van der Waals surface area contributed by atoms with Gasteiger partial charge >= 0.3 is 5.97 Å². The predicted octanol–water partition coefficient (Wildman–Crippen LogP) is 4.13. The number of ketones is 1. The second kappa shape index (κ2) is 9.59. The van der Waals surface area contributed by atoms with Gasteiger partial charge in [0.05, 0.1) is 7.11 Å². The molecule has 2 fully saturated rings. The van der Waals surface area contributed by atoms with E-state index in [9.17, 15) is 14.0 Å². The third-order valence-corrected chi connectivity index (χ3v) is 7.68. The molecule has 8 nitrogen and oxygen atoms in total. The van der Waals surface area contributed by atoms with Crippen LogP contribution in [0.1, 0.15) is 61.3 Å². The van der Waals surface area contributed by atoms with E-state index >= 15 is 0 Å². The van der Waals surface area contributed by atoms with Crippen molar-refractivity contribution >= 4 is 17.5 Å². The Balaban J connectivity index is 1.36. The number of cyclic esters (lactones) is 1. The summed E-state index contributed by atoms with van der Waals surface area (Å²) >= 11 is 0. The molecule has 0 spiro atoms. The van der Waals surface area contributed by atoms with Gasteiger partial charge in [0, 0.05) is 30.3 Å². The standard InChI is InChI=1S/C27H31FN4O4/c1-16-12-17(2)32-26(29-16)30-24(31-32)14-21-23(33)15-27(36-25(21)34,19-6-4-5-7-19)11-10-18-8-9-20(35-3)13-22(18)28/h8-9,12-13,19,21H,4-7,10-11,14-15H2,1-3H3. The summed E-state index contributed by atoms with van der Waals surface area (Å²) in [5.74, 6) is -0.626. The Morgan fingerprint density at radius 1 is 1.17 bits per heavy atom. The Labute approximate surface area is 209 Å². The summed E-state index contributed by atoms with van der Waals surface area (Å²) in [6.07, 6.45) is 4.85. The van der Waals surface area contributed by atoms with Crippen LogP contribution >= 0.6 is 0 Å². The summed E-state index contributed by atoms with van der Waals surface area (Å²) in [5, 5.41) is 4.46. The van der Waals surface area contributed by atoms with Crippen molar-refractivity contribution in [3.8, 4) is 5.75 Å². The molecule has 9 heteroatoms. The molecule has 5 rings (SSSR count). The van der Waals surface area contributed by atoms with Gasteiger partial charge in [0.2, 0.25) is 0 Å². The van der Waals surface area contributed by atoms with Crippen LogP contribution in [0.3, 0.4) is 0 Å². The minimum Gasteiger partial charge on any atom is -0.497 e. The molecule has 1 aromatic carbocycles. The summed E-state index contributed by atoms with van der Waals surface area (Å²) < 4.78 is 27.5. The molecule has 0 radical (unpaired) electrons. The Bertz CT molecular complexity index is 1300. The van der Waals surface area contributed by atoms with Gasteiger partial charge in [0.1, 0.15) is 23.1 Å². The molecule has 190 valence electrons. The molecule has 1 aliphatic carbocycles. The number of hydrogen-bond donors (Lipinski definition) is 0. The van der Waals surface area contributed by atoms with Crippen molar-refractivity contribution in [1.82, 2.24) is 19.6 Å². The van der Waals surface area contributed by atoms with Crippen LogP contribution in [0.5, 0.6) is 5.75 Å². The Morgan fingerprint density at radius 2 is 1.94 bits per heavy atom. The Kier molecular flexibility index (Phi) is 6.49. The molecule has 0 bridgehead atoms. The van der Waals surface area contributed by atoms with Gasteiger partial charge in [-0.2, -0.15) is 4.98 Å². The number of methoxy groups -OCH3 is 1. The normalized spacial score (nSPS) is 22.8. The number of carbonyl (C=O) groups excluding carboxylic acids is 2. The van der Waals surface area contributed by atoms with Crippen molar-refractivity contribution < 1.29 is 23.5 Å². The largest absolute Gasteiger partial charge is 0.497 e. The Morgan fingerprint density at radius 3 is 2.64 bits per heavy atom. The first-order chi connectivity index (χ1) is 17.3. The fourth-order valence-electron chi connectivity index (χ4n) is 5.76. The third kappa shape index (κ3) is 4.58. The maximum atomic E-state index is 14.6. The van der Waals surface area contributed by atoms with Gasteiger partial charge in [-0.25, -0.2) is 13.9 Å². The maximum Gasteiger partial charge on any atom is 0.317 e. The van der Waals surface area contributed by atoms with E-state index in [1.165, 1.54) is 13.2 Å².